The lowest BCUT2D eigenvalue weighted by Crippen LogP contribution is -2.11. The Kier molecular flexibility index (Phi) is 9.40. The van der Waals surface area contributed by atoms with Gasteiger partial charge in [0.25, 0.3) is 0 Å². The molecule has 1 unspecified atom stereocenters. The molecule has 0 aromatic heterocycles. The van der Waals surface area contributed by atoms with E-state index in [0.717, 1.165) is 6.42 Å². The van der Waals surface area contributed by atoms with Crippen LogP contribution in [0.25, 0.3) is 0 Å². The van der Waals surface area contributed by atoms with Crippen molar-refractivity contribution in [3.63, 3.8) is 0 Å². The van der Waals surface area contributed by atoms with Crippen LogP contribution in [0.4, 0.5) is 0 Å². The summed E-state index contributed by atoms with van der Waals surface area (Å²) in [6.45, 7) is 4.43. The Labute approximate surface area is 126 Å². The van der Waals surface area contributed by atoms with E-state index in [-0.39, 0.29) is 6.04 Å². The van der Waals surface area contributed by atoms with Crippen molar-refractivity contribution >= 4 is 0 Å². The number of rotatable bonds is 11. The standard InChI is InChI=1S/C19H33N/c1-3-4-5-6-7-8-9-10-11-16-19(20)18-15-13-12-14-17(18)2/h12-15,19H,3-11,16,20H2,1-2H3. The summed E-state index contributed by atoms with van der Waals surface area (Å²) in [7, 11) is 0. The third kappa shape index (κ3) is 7.09. The van der Waals surface area contributed by atoms with Crippen LogP contribution in [0.3, 0.4) is 0 Å². The van der Waals surface area contributed by atoms with Gasteiger partial charge in [-0.3, -0.25) is 0 Å². The SMILES string of the molecule is CCCCCCCCCCCC(N)c1ccccc1C. The van der Waals surface area contributed by atoms with Crippen molar-refractivity contribution in [3.8, 4) is 0 Å². The molecule has 0 heterocycles. The van der Waals surface area contributed by atoms with E-state index in [2.05, 4.69) is 38.1 Å². The molecule has 0 aliphatic carbocycles. The summed E-state index contributed by atoms with van der Waals surface area (Å²) in [5, 5.41) is 0. The minimum absolute atomic E-state index is 0.223. The first-order valence-electron chi connectivity index (χ1n) is 8.56. The average Bonchev–Trinajstić information content (AvgIpc) is 2.46. The molecular weight excluding hydrogens is 242 g/mol. The first-order chi connectivity index (χ1) is 9.75. The molecule has 1 rings (SSSR count). The summed E-state index contributed by atoms with van der Waals surface area (Å²) in [6, 6.07) is 8.74. The van der Waals surface area contributed by atoms with Gasteiger partial charge in [-0.05, 0) is 24.5 Å². The maximum atomic E-state index is 6.29. The maximum Gasteiger partial charge on any atom is 0.0297 e. The van der Waals surface area contributed by atoms with Crippen molar-refractivity contribution in [2.75, 3.05) is 0 Å². The maximum absolute atomic E-state index is 6.29. The second-order valence-corrected chi connectivity index (χ2v) is 6.08. The summed E-state index contributed by atoms with van der Waals surface area (Å²) >= 11 is 0. The highest BCUT2D eigenvalue weighted by Gasteiger charge is 2.07. The van der Waals surface area contributed by atoms with E-state index in [9.17, 15) is 0 Å². The predicted molar refractivity (Wildman–Crippen MR) is 90.0 cm³/mol. The van der Waals surface area contributed by atoms with Gasteiger partial charge in [0.1, 0.15) is 0 Å². The van der Waals surface area contributed by atoms with Crippen LogP contribution in [0, 0.1) is 6.92 Å². The second kappa shape index (κ2) is 10.9. The fourth-order valence-electron chi connectivity index (χ4n) is 2.83. The summed E-state index contributed by atoms with van der Waals surface area (Å²) in [4.78, 5) is 0. The Morgan fingerprint density at radius 3 is 2.00 bits per heavy atom. The lowest BCUT2D eigenvalue weighted by Gasteiger charge is -2.14. The molecule has 0 radical (unpaired) electrons. The van der Waals surface area contributed by atoms with Crippen LogP contribution in [0.2, 0.25) is 0 Å². The number of benzene rings is 1. The first-order valence-corrected chi connectivity index (χ1v) is 8.56. The summed E-state index contributed by atoms with van der Waals surface area (Å²) < 4.78 is 0. The number of nitrogens with two attached hydrogens (primary N) is 1. The fraction of sp³-hybridized carbons (Fsp3) is 0.684. The molecule has 1 atom stereocenters. The summed E-state index contributed by atoms with van der Waals surface area (Å²) in [6.07, 6.45) is 13.5. The number of aryl methyl sites for hydroxylation is 1. The molecule has 2 N–H and O–H groups in total. The predicted octanol–water partition coefficient (Wildman–Crippen LogP) is 5.92. The Bertz CT molecular complexity index is 345. The first kappa shape index (κ1) is 17.2. The Morgan fingerprint density at radius 2 is 1.40 bits per heavy atom. The van der Waals surface area contributed by atoms with E-state index in [1.54, 1.807) is 0 Å². The van der Waals surface area contributed by atoms with E-state index >= 15 is 0 Å². The van der Waals surface area contributed by atoms with Crippen molar-refractivity contribution in [1.29, 1.82) is 0 Å². The van der Waals surface area contributed by atoms with Gasteiger partial charge in [-0.2, -0.15) is 0 Å². The summed E-state index contributed by atoms with van der Waals surface area (Å²) in [5.74, 6) is 0. The molecule has 114 valence electrons. The minimum Gasteiger partial charge on any atom is -0.324 e. The van der Waals surface area contributed by atoms with Crippen molar-refractivity contribution in [3.05, 3.63) is 35.4 Å². The smallest absolute Gasteiger partial charge is 0.0297 e. The van der Waals surface area contributed by atoms with Gasteiger partial charge in [-0.25, -0.2) is 0 Å². The molecule has 1 heteroatoms. The van der Waals surface area contributed by atoms with E-state index < -0.39 is 0 Å². The van der Waals surface area contributed by atoms with Crippen molar-refractivity contribution < 1.29 is 0 Å². The van der Waals surface area contributed by atoms with Crippen LogP contribution in [0.1, 0.15) is 88.3 Å². The minimum atomic E-state index is 0.223. The number of unbranched alkanes of at least 4 members (excludes halogenated alkanes) is 8. The van der Waals surface area contributed by atoms with Gasteiger partial charge in [0.15, 0.2) is 0 Å². The zero-order chi connectivity index (χ0) is 14.6. The molecule has 0 fully saturated rings. The highest BCUT2D eigenvalue weighted by atomic mass is 14.6. The zero-order valence-electron chi connectivity index (χ0n) is 13.5. The average molecular weight is 275 g/mol. The van der Waals surface area contributed by atoms with Crippen LogP contribution in [-0.4, -0.2) is 0 Å². The van der Waals surface area contributed by atoms with Crippen LogP contribution in [0.15, 0.2) is 24.3 Å². The third-order valence-corrected chi connectivity index (χ3v) is 4.21. The van der Waals surface area contributed by atoms with Crippen LogP contribution in [0.5, 0.6) is 0 Å². The van der Waals surface area contributed by atoms with E-state index in [1.165, 1.54) is 68.9 Å². The Balaban J connectivity index is 2.03. The van der Waals surface area contributed by atoms with E-state index in [4.69, 9.17) is 5.73 Å². The molecule has 0 saturated heterocycles. The Hall–Kier alpha value is -0.820. The van der Waals surface area contributed by atoms with Crippen LogP contribution >= 0.6 is 0 Å². The molecule has 0 aliphatic heterocycles. The van der Waals surface area contributed by atoms with Gasteiger partial charge >= 0.3 is 0 Å². The van der Waals surface area contributed by atoms with Crippen molar-refractivity contribution in [2.45, 2.75) is 84.1 Å². The molecule has 0 spiro atoms. The molecule has 1 aromatic carbocycles. The second-order valence-electron chi connectivity index (χ2n) is 6.08. The molecule has 0 amide bonds. The third-order valence-electron chi connectivity index (χ3n) is 4.21. The molecule has 0 aliphatic rings. The monoisotopic (exact) mass is 275 g/mol. The van der Waals surface area contributed by atoms with Gasteiger partial charge in [-0.15, -0.1) is 0 Å². The Morgan fingerprint density at radius 1 is 0.850 bits per heavy atom. The molecule has 20 heavy (non-hydrogen) atoms. The molecule has 1 nitrogen and oxygen atoms in total. The van der Waals surface area contributed by atoms with Crippen LogP contribution in [-0.2, 0) is 0 Å². The van der Waals surface area contributed by atoms with Crippen molar-refractivity contribution in [2.24, 2.45) is 5.73 Å². The molecule has 1 aromatic rings. The van der Waals surface area contributed by atoms with Crippen molar-refractivity contribution in [1.82, 2.24) is 0 Å². The van der Waals surface area contributed by atoms with Gasteiger partial charge in [0.05, 0.1) is 0 Å². The zero-order valence-corrected chi connectivity index (χ0v) is 13.5. The van der Waals surface area contributed by atoms with Gasteiger partial charge in [-0.1, -0.05) is 89.0 Å². The molecule has 0 bridgehead atoms. The summed E-state index contributed by atoms with van der Waals surface area (Å²) in [5.41, 5.74) is 8.95. The van der Waals surface area contributed by atoms with Gasteiger partial charge in [0, 0.05) is 6.04 Å². The number of hydrogen-bond donors (Lipinski definition) is 1. The topological polar surface area (TPSA) is 26.0 Å². The highest BCUT2D eigenvalue weighted by Crippen LogP contribution is 2.21. The lowest BCUT2D eigenvalue weighted by molar-refractivity contribution is 0.531. The molecular formula is C19H33N. The number of hydrogen-bond acceptors (Lipinski definition) is 1. The van der Waals surface area contributed by atoms with E-state index in [0.29, 0.717) is 0 Å². The van der Waals surface area contributed by atoms with Gasteiger partial charge < -0.3 is 5.73 Å². The van der Waals surface area contributed by atoms with Gasteiger partial charge in [0.2, 0.25) is 0 Å². The molecule has 0 saturated carbocycles. The lowest BCUT2D eigenvalue weighted by atomic mass is 9.97. The largest absolute Gasteiger partial charge is 0.324 e. The van der Waals surface area contributed by atoms with E-state index in [1.807, 2.05) is 0 Å². The normalized spacial score (nSPS) is 12.6. The quantitative estimate of drug-likeness (QED) is 0.499. The van der Waals surface area contributed by atoms with Crippen LogP contribution < -0.4 is 5.73 Å². The fourth-order valence-corrected chi connectivity index (χ4v) is 2.83. The highest BCUT2D eigenvalue weighted by molar-refractivity contribution is 5.28.